The minimum atomic E-state index is -1.23. The third kappa shape index (κ3) is 4.24. The normalized spacial score (nSPS) is 16.7. The van der Waals surface area contributed by atoms with E-state index >= 15 is 0 Å². The molecule has 1 saturated heterocycles. The standard InChI is InChI=1S/C30H23F2NO5/c1-3-38-25-15-19(10-13-24(25)37-2)27-26(28(34)20-9-8-17-6-4-5-7-18(17)14-20)29(35)30(36)33(27)23-12-11-21(31)16-22(23)32/h4-16,27,34H,3H2,1-2H3/b28-26+. The van der Waals surface area contributed by atoms with Gasteiger partial charge in [-0.25, -0.2) is 8.78 Å². The van der Waals surface area contributed by atoms with Crippen molar-refractivity contribution in [2.24, 2.45) is 0 Å². The average molecular weight is 516 g/mol. The fourth-order valence-electron chi connectivity index (χ4n) is 4.70. The molecule has 38 heavy (non-hydrogen) atoms. The van der Waals surface area contributed by atoms with Gasteiger partial charge in [0.1, 0.15) is 17.4 Å². The van der Waals surface area contributed by atoms with Crippen LogP contribution in [0.2, 0.25) is 0 Å². The Bertz CT molecular complexity index is 1610. The van der Waals surface area contributed by atoms with Crippen molar-refractivity contribution in [3.63, 3.8) is 0 Å². The number of methoxy groups -OCH3 is 1. The SMILES string of the molecule is CCOc1cc(C2/C(=C(\O)c3ccc4ccccc4c3)C(=O)C(=O)N2c2ccc(F)cc2F)ccc1OC. The maximum absolute atomic E-state index is 15.0. The molecule has 192 valence electrons. The number of aliphatic hydroxyl groups excluding tert-OH is 1. The number of nitrogens with zero attached hydrogens (tertiary/aromatic N) is 1. The molecular formula is C30H23F2NO5. The van der Waals surface area contributed by atoms with E-state index in [4.69, 9.17) is 9.47 Å². The molecule has 0 bridgehead atoms. The lowest BCUT2D eigenvalue weighted by Crippen LogP contribution is -2.30. The number of carbonyl (C=O) groups is 2. The summed E-state index contributed by atoms with van der Waals surface area (Å²) in [5.74, 6) is -3.59. The summed E-state index contributed by atoms with van der Waals surface area (Å²) in [5.41, 5.74) is 0.135. The number of hydrogen-bond acceptors (Lipinski definition) is 5. The summed E-state index contributed by atoms with van der Waals surface area (Å²) < 4.78 is 39.7. The van der Waals surface area contributed by atoms with Crippen LogP contribution >= 0.6 is 0 Å². The molecule has 0 aliphatic carbocycles. The average Bonchev–Trinajstić information content (AvgIpc) is 3.18. The number of amides is 1. The molecule has 0 radical (unpaired) electrons. The molecule has 1 heterocycles. The quantitative estimate of drug-likeness (QED) is 0.189. The highest BCUT2D eigenvalue weighted by molar-refractivity contribution is 6.51. The number of Topliss-reactive ketones (excluding diaryl/α,β-unsaturated/α-hetero) is 1. The van der Waals surface area contributed by atoms with Crippen molar-refractivity contribution in [2.45, 2.75) is 13.0 Å². The molecule has 5 rings (SSSR count). The lowest BCUT2D eigenvalue weighted by atomic mass is 9.94. The third-order valence-electron chi connectivity index (χ3n) is 6.44. The van der Waals surface area contributed by atoms with Gasteiger partial charge < -0.3 is 14.6 Å². The highest BCUT2D eigenvalue weighted by atomic mass is 19.1. The number of carbonyl (C=O) groups excluding carboxylic acids is 2. The number of benzene rings is 4. The first kappa shape index (κ1) is 25.0. The Morgan fingerprint density at radius 2 is 1.68 bits per heavy atom. The molecule has 0 spiro atoms. The van der Waals surface area contributed by atoms with E-state index < -0.39 is 35.1 Å². The summed E-state index contributed by atoms with van der Waals surface area (Å²) in [4.78, 5) is 27.7. The maximum Gasteiger partial charge on any atom is 0.300 e. The Morgan fingerprint density at radius 1 is 0.921 bits per heavy atom. The van der Waals surface area contributed by atoms with Gasteiger partial charge in [0.2, 0.25) is 0 Å². The number of hydrogen-bond donors (Lipinski definition) is 1. The molecule has 4 aromatic rings. The number of anilines is 1. The van der Waals surface area contributed by atoms with E-state index in [9.17, 15) is 23.5 Å². The Balaban J connectivity index is 1.76. The predicted molar refractivity (Wildman–Crippen MR) is 139 cm³/mol. The van der Waals surface area contributed by atoms with Crippen LogP contribution in [0.15, 0.2) is 84.4 Å². The molecule has 0 aromatic heterocycles. The molecule has 0 saturated carbocycles. The highest BCUT2D eigenvalue weighted by Crippen LogP contribution is 2.45. The Labute approximate surface area is 217 Å². The molecule has 1 amide bonds. The topological polar surface area (TPSA) is 76.1 Å². The fourth-order valence-corrected chi connectivity index (χ4v) is 4.70. The second-order valence-corrected chi connectivity index (χ2v) is 8.67. The van der Waals surface area contributed by atoms with Crippen LogP contribution in [0.25, 0.3) is 16.5 Å². The van der Waals surface area contributed by atoms with Crippen molar-refractivity contribution < 1.29 is 33.0 Å². The van der Waals surface area contributed by atoms with Crippen LogP contribution < -0.4 is 14.4 Å². The van der Waals surface area contributed by atoms with E-state index in [2.05, 4.69) is 0 Å². The minimum absolute atomic E-state index is 0.235. The van der Waals surface area contributed by atoms with Gasteiger partial charge in [-0.2, -0.15) is 0 Å². The van der Waals surface area contributed by atoms with Crippen LogP contribution in [-0.2, 0) is 9.59 Å². The van der Waals surface area contributed by atoms with Crippen LogP contribution in [0.1, 0.15) is 24.1 Å². The molecule has 4 aromatic carbocycles. The molecule has 1 unspecified atom stereocenters. The fraction of sp³-hybridized carbons (Fsp3) is 0.133. The first-order valence-corrected chi connectivity index (χ1v) is 11.9. The van der Waals surface area contributed by atoms with E-state index in [0.717, 1.165) is 27.8 Å². The van der Waals surface area contributed by atoms with Crippen LogP contribution in [0.4, 0.5) is 14.5 Å². The summed E-state index contributed by atoms with van der Waals surface area (Å²) in [7, 11) is 1.47. The molecule has 1 aliphatic rings. The Hall–Kier alpha value is -4.72. The third-order valence-corrected chi connectivity index (χ3v) is 6.44. The number of fused-ring (bicyclic) bond motifs is 1. The zero-order chi connectivity index (χ0) is 27.0. The van der Waals surface area contributed by atoms with Gasteiger partial charge in [0.15, 0.2) is 11.5 Å². The van der Waals surface area contributed by atoms with Gasteiger partial charge in [0.25, 0.3) is 11.7 Å². The van der Waals surface area contributed by atoms with Crippen molar-refractivity contribution in [3.8, 4) is 11.5 Å². The van der Waals surface area contributed by atoms with Crippen LogP contribution in [-0.4, -0.2) is 30.5 Å². The van der Waals surface area contributed by atoms with E-state index in [-0.39, 0.29) is 11.3 Å². The highest BCUT2D eigenvalue weighted by Gasteiger charge is 2.48. The molecular weight excluding hydrogens is 492 g/mol. The van der Waals surface area contributed by atoms with Gasteiger partial charge in [0.05, 0.1) is 31.0 Å². The van der Waals surface area contributed by atoms with E-state index in [1.807, 2.05) is 24.3 Å². The minimum Gasteiger partial charge on any atom is -0.507 e. The molecule has 1 aliphatic heterocycles. The summed E-state index contributed by atoms with van der Waals surface area (Å²) in [6, 6.07) is 18.9. The second kappa shape index (κ2) is 9.97. The van der Waals surface area contributed by atoms with E-state index in [0.29, 0.717) is 35.3 Å². The maximum atomic E-state index is 15.0. The molecule has 1 N–H and O–H groups in total. The predicted octanol–water partition coefficient (Wildman–Crippen LogP) is 6.15. The summed E-state index contributed by atoms with van der Waals surface area (Å²) in [5, 5.41) is 13.2. The monoisotopic (exact) mass is 515 g/mol. The van der Waals surface area contributed by atoms with Crippen molar-refractivity contribution in [1.82, 2.24) is 0 Å². The van der Waals surface area contributed by atoms with Gasteiger partial charge in [0, 0.05) is 11.6 Å². The van der Waals surface area contributed by atoms with Gasteiger partial charge in [-0.3, -0.25) is 14.5 Å². The summed E-state index contributed by atoms with van der Waals surface area (Å²) in [6.07, 6.45) is 0. The van der Waals surface area contributed by atoms with E-state index in [1.165, 1.54) is 7.11 Å². The van der Waals surface area contributed by atoms with Crippen molar-refractivity contribution in [1.29, 1.82) is 0 Å². The van der Waals surface area contributed by atoms with Crippen LogP contribution in [0.3, 0.4) is 0 Å². The zero-order valence-corrected chi connectivity index (χ0v) is 20.6. The number of halogens is 2. The van der Waals surface area contributed by atoms with Crippen LogP contribution in [0.5, 0.6) is 11.5 Å². The van der Waals surface area contributed by atoms with Crippen molar-refractivity contribution in [3.05, 3.63) is 107 Å². The van der Waals surface area contributed by atoms with Gasteiger partial charge in [-0.15, -0.1) is 0 Å². The number of aliphatic hydroxyl groups is 1. The molecule has 6 nitrogen and oxygen atoms in total. The van der Waals surface area contributed by atoms with Gasteiger partial charge in [-0.05, 0) is 53.6 Å². The summed E-state index contributed by atoms with van der Waals surface area (Å²) >= 11 is 0. The number of ketones is 1. The Kier molecular flexibility index (Phi) is 6.55. The largest absolute Gasteiger partial charge is 0.507 e. The first-order valence-electron chi connectivity index (χ1n) is 11.9. The van der Waals surface area contributed by atoms with Crippen molar-refractivity contribution in [2.75, 3.05) is 18.6 Å². The lowest BCUT2D eigenvalue weighted by Gasteiger charge is -2.26. The Morgan fingerprint density at radius 3 is 2.39 bits per heavy atom. The molecule has 1 fully saturated rings. The van der Waals surface area contributed by atoms with Gasteiger partial charge in [-0.1, -0.05) is 42.5 Å². The smallest absolute Gasteiger partial charge is 0.300 e. The van der Waals surface area contributed by atoms with Gasteiger partial charge >= 0.3 is 0 Å². The second-order valence-electron chi connectivity index (χ2n) is 8.67. The number of ether oxygens (including phenoxy) is 2. The first-order chi connectivity index (χ1) is 18.3. The zero-order valence-electron chi connectivity index (χ0n) is 20.6. The van der Waals surface area contributed by atoms with Crippen LogP contribution in [0, 0.1) is 11.6 Å². The lowest BCUT2D eigenvalue weighted by molar-refractivity contribution is -0.132. The summed E-state index contributed by atoms with van der Waals surface area (Å²) in [6.45, 7) is 2.09. The molecule has 8 heteroatoms. The van der Waals surface area contributed by atoms with Crippen molar-refractivity contribution >= 4 is 33.9 Å². The molecule has 1 atom stereocenters. The van der Waals surface area contributed by atoms with E-state index in [1.54, 1.807) is 43.3 Å². The number of rotatable bonds is 6.